The molecule has 0 saturated carbocycles. The number of rotatable bonds is 12. The molecule has 0 fully saturated rings. The minimum atomic E-state index is -3.81. The van der Waals surface area contributed by atoms with E-state index >= 15 is 0 Å². The summed E-state index contributed by atoms with van der Waals surface area (Å²) >= 11 is 1.23. The van der Waals surface area contributed by atoms with Gasteiger partial charge in [-0.1, -0.05) is 60.6 Å². The van der Waals surface area contributed by atoms with Crippen molar-refractivity contribution in [2.45, 2.75) is 55.1 Å². The summed E-state index contributed by atoms with van der Waals surface area (Å²) in [6, 6.07) is 17.4. The van der Waals surface area contributed by atoms with Gasteiger partial charge in [-0.3, -0.25) is 14.2 Å². The lowest BCUT2D eigenvalue weighted by atomic mass is 10.1. The van der Waals surface area contributed by atoms with Crippen LogP contribution in [0.4, 0.5) is 0 Å². The molecular formula is C30H34N4O6S2. The Hall–Kier alpha value is -3.87. The van der Waals surface area contributed by atoms with Crippen LogP contribution >= 0.6 is 11.8 Å². The van der Waals surface area contributed by atoms with Crippen LogP contribution in [-0.2, 0) is 34.3 Å². The van der Waals surface area contributed by atoms with Gasteiger partial charge in [-0.15, -0.1) is 0 Å². The van der Waals surface area contributed by atoms with E-state index < -0.39 is 15.3 Å². The minimum absolute atomic E-state index is 0.00973. The number of ether oxygens (including phenoxy) is 2. The number of aromatic nitrogens is 2. The number of sulfonamides is 1. The van der Waals surface area contributed by atoms with Crippen molar-refractivity contribution in [2.75, 3.05) is 14.2 Å². The van der Waals surface area contributed by atoms with Crippen molar-refractivity contribution >= 4 is 38.6 Å². The predicted molar refractivity (Wildman–Crippen MR) is 164 cm³/mol. The number of hydrogen-bond donors (Lipinski definition) is 2. The largest absolute Gasteiger partial charge is 0.493 e. The van der Waals surface area contributed by atoms with Crippen LogP contribution in [0.25, 0.3) is 10.9 Å². The molecule has 0 radical (unpaired) electrons. The molecule has 12 heteroatoms. The molecule has 4 rings (SSSR count). The van der Waals surface area contributed by atoms with Crippen LogP contribution < -0.4 is 25.5 Å². The fourth-order valence-electron chi connectivity index (χ4n) is 4.36. The van der Waals surface area contributed by atoms with Gasteiger partial charge in [0.15, 0.2) is 16.7 Å². The molecule has 0 aliphatic rings. The van der Waals surface area contributed by atoms with Crippen molar-refractivity contribution in [3.63, 3.8) is 0 Å². The van der Waals surface area contributed by atoms with Crippen LogP contribution in [0, 0.1) is 6.92 Å². The molecule has 1 amide bonds. The average molecular weight is 611 g/mol. The van der Waals surface area contributed by atoms with Crippen molar-refractivity contribution < 1.29 is 22.7 Å². The van der Waals surface area contributed by atoms with Gasteiger partial charge in [0.05, 0.1) is 35.3 Å². The Balaban J connectivity index is 1.66. The first kappa shape index (κ1) is 31.1. The first-order valence-electron chi connectivity index (χ1n) is 13.3. The highest BCUT2D eigenvalue weighted by Crippen LogP contribution is 2.32. The molecule has 0 unspecified atom stereocenters. The van der Waals surface area contributed by atoms with E-state index in [1.54, 1.807) is 28.8 Å². The molecule has 0 saturated heterocycles. The number of thioether (sulfide) groups is 1. The fourth-order valence-corrected chi connectivity index (χ4v) is 5.94. The van der Waals surface area contributed by atoms with Gasteiger partial charge in [0.1, 0.15) is 0 Å². The van der Waals surface area contributed by atoms with E-state index in [1.807, 2.05) is 38.1 Å². The normalized spacial score (nSPS) is 12.2. The molecule has 42 heavy (non-hydrogen) atoms. The molecule has 0 spiro atoms. The molecule has 0 bridgehead atoms. The van der Waals surface area contributed by atoms with Crippen LogP contribution in [0.1, 0.15) is 30.0 Å². The van der Waals surface area contributed by atoms with Crippen molar-refractivity contribution in [2.24, 2.45) is 5.14 Å². The second-order valence-corrected chi connectivity index (χ2v) is 12.5. The number of primary sulfonamides is 1. The zero-order valence-corrected chi connectivity index (χ0v) is 25.6. The molecular weight excluding hydrogens is 576 g/mol. The van der Waals surface area contributed by atoms with E-state index in [1.165, 1.54) is 38.1 Å². The van der Waals surface area contributed by atoms with E-state index in [4.69, 9.17) is 19.6 Å². The summed E-state index contributed by atoms with van der Waals surface area (Å²) in [5, 5.41) is 8.45. The summed E-state index contributed by atoms with van der Waals surface area (Å²) in [7, 11) is -0.815. The summed E-state index contributed by atoms with van der Waals surface area (Å²) in [5.41, 5.74) is 3.06. The highest BCUT2D eigenvalue weighted by molar-refractivity contribution is 8.00. The van der Waals surface area contributed by atoms with Crippen molar-refractivity contribution in [3.05, 3.63) is 87.7 Å². The highest BCUT2D eigenvalue weighted by Gasteiger charge is 2.23. The van der Waals surface area contributed by atoms with Crippen molar-refractivity contribution in [1.29, 1.82) is 0 Å². The van der Waals surface area contributed by atoms with E-state index in [-0.39, 0.29) is 22.9 Å². The van der Waals surface area contributed by atoms with E-state index in [0.29, 0.717) is 46.9 Å². The van der Waals surface area contributed by atoms with E-state index in [9.17, 15) is 18.0 Å². The van der Waals surface area contributed by atoms with Gasteiger partial charge in [0.25, 0.3) is 5.56 Å². The first-order chi connectivity index (χ1) is 20.0. The molecule has 222 valence electrons. The van der Waals surface area contributed by atoms with Gasteiger partial charge < -0.3 is 14.8 Å². The van der Waals surface area contributed by atoms with Crippen LogP contribution in [-0.4, -0.2) is 43.3 Å². The number of nitrogens with zero attached hydrogens (tertiary/aromatic N) is 2. The van der Waals surface area contributed by atoms with Crippen molar-refractivity contribution in [1.82, 2.24) is 14.9 Å². The van der Waals surface area contributed by atoms with Gasteiger partial charge in [-0.25, -0.2) is 18.5 Å². The number of nitrogens with two attached hydrogens (primary N) is 1. The van der Waals surface area contributed by atoms with Crippen LogP contribution in [0.3, 0.4) is 0 Å². The number of benzene rings is 3. The third-order valence-corrected chi connectivity index (χ3v) is 9.08. The summed E-state index contributed by atoms with van der Waals surface area (Å²) in [4.78, 5) is 31.8. The van der Waals surface area contributed by atoms with Crippen LogP contribution in [0.5, 0.6) is 11.5 Å². The predicted octanol–water partition coefficient (Wildman–Crippen LogP) is 3.80. The monoisotopic (exact) mass is 610 g/mol. The Kier molecular flexibility index (Phi) is 9.92. The van der Waals surface area contributed by atoms with E-state index in [0.717, 1.165) is 16.7 Å². The lowest BCUT2D eigenvalue weighted by Gasteiger charge is -2.19. The first-order valence-corrected chi connectivity index (χ1v) is 15.7. The summed E-state index contributed by atoms with van der Waals surface area (Å²) in [6.45, 7) is 4.55. The second kappa shape index (κ2) is 13.4. The number of carbonyl (C=O) groups is 1. The van der Waals surface area contributed by atoms with Gasteiger partial charge in [-0.05, 0) is 49.1 Å². The van der Waals surface area contributed by atoms with Crippen molar-refractivity contribution in [3.8, 4) is 11.5 Å². The quantitative estimate of drug-likeness (QED) is 0.182. The Morgan fingerprint density at radius 2 is 1.64 bits per heavy atom. The number of aryl methyl sites for hydroxylation is 2. The molecule has 3 N–H and O–H groups in total. The number of nitrogens with one attached hydrogen (secondary N) is 1. The standard InChI is InChI=1S/C30H34N4O6S2/c1-5-27(28(35)32-18-21-8-6-19(2)7-9-21)41-30-33-24-17-26(40-4)25(39-3)16-23(24)29(36)34(30)15-14-20-10-12-22(13-11-20)42(31,37)38/h6-13,16-17,27H,5,14-15,18H2,1-4H3,(H,32,35)(H2,31,37,38)/t27-/m1/s1. The Morgan fingerprint density at radius 1 is 1.02 bits per heavy atom. The maximum Gasteiger partial charge on any atom is 0.262 e. The smallest absolute Gasteiger partial charge is 0.262 e. The SMILES string of the molecule is CC[C@@H](Sc1nc2cc(OC)c(OC)cc2c(=O)n1CCc1ccc(S(N)(=O)=O)cc1)C(=O)NCc1ccc(C)cc1. The molecule has 0 aliphatic heterocycles. The summed E-state index contributed by atoms with van der Waals surface area (Å²) < 4.78 is 35.6. The van der Waals surface area contributed by atoms with E-state index in [2.05, 4.69) is 5.32 Å². The summed E-state index contributed by atoms with van der Waals surface area (Å²) in [5.74, 6) is 0.676. The number of amides is 1. The number of fused-ring (bicyclic) bond motifs is 1. The van der Waals surface area contributed by atoms with Crippen LogP contribution in [0.15, 0.2) is 75.5 Å². The highest BCUT2D eigenvalue weighted by atomic mass is 32.2. The van der Waals surface area contributed by atoms with Gasteiger partial charge in [0.2, 0.25) is 15.9 Å². The third-order valence-electron chi connectivity index (χ3n) is 6.80. The fraction of sp³-hybridized carbons (Fsp3) is 0.300. The number of hydrogen-bond acceptors (Lipinski definition) is 8. The number of methoxy groups -OCH3 is 2. The van der Waals surface area contributed by atoms with Gasteiger partial charge in [0, 0.05) is 19.2 Å². The molecule has 1 atom stereocenters. The van der Waals surface area contributed by atoms with Gasteiger partial charge in [-0.2, -0.15) is 0 Å². The third kappa shape index (κ3) is 7.30. The second-order valence-electron chi connectivity index (χ2n) is 9.73. The molecule has 1 heterocycles. The molecule has 10 nitrogen and oxygen atoms in total. The molecule has 0 aliphatic carbocycles. The Morgan fingerprint density at radius 3 is 2.24 bits per heavy atom. The zero-order valence-electron chi connectivity index (χ0n) is 23.9. The zero-order chi connectivity index (χ0) is 30.4. The molecule has 3 aromatic carbocycles. The van der Waals surface area contributed by atoms with Gasteiger partial charge >= 0.3 is 0 Å². The average Bonchev–Trinajstić information content (AvgIpc) is 2.98. The number of carbonyl (C=O) groups excluding carboxylic acids is 1. The molecule has 1 aromatic heterocycles. The Bertz CT molecular complexity index is 1740. The molecule has 4 aromatic rings. The summed E-state index contributed by atoms with van der Waals surface area (Å²) in [6.07, 6.45) is 0.925. The van der Waals surface area contributed by atoms with Crippen LogP contribution in [0.2, 0.25) is 0 Å². The maximum atomic E-state index is 13.8. The lowest BCUT2D eigenvalue weighted by molar-refractivity contribution is -0.120. The lowest BCUT2D eigenvalue weighted by Crippen LogP contribution is -2.33. The minimum Gasteiger partial charge on any atom is -0.493 e. The topological polar surface area (TPSA) is 143 Å². The maximum absolute atomic E-state index is 13.8. The Labute approximate surface area is 249 Å².